The van der Waals surface area contributed by atoms with Crippen LogP contribution in [0.1, 0.15) is 5.56 Å². The SMILES string of the molecule is C=CCc1c(O)nc2cccc(N)n2c1=O. The quantitative estimate of drug-likeness (QED) is 0.726. The largest absolute Gasteiger partial charge is 0.493 e. The van der Waals surface area contributed by atoms with Crippen molar-refractivity contribution in [2.24, 2.45) is 0 Å². The Hall–Kier alpha value is -2.30. The maximum absolute atomic E-state index is 12.0. The van der Waals surface area contributed by atoms with Crippen molar-refractivity contribution in [2.45, 2.75) is 6.42 Å². The minimum absolute atomic E-state index is 0.199. The summed E-state index contributed by atoms with van der Waals surface area (Å²) in [5.74, 6) is 0.0239. The first-order chi connectivity index (χ1) is 7.65. The fourth-order valence-electron chi connectivity index (χ4n) is 1.55. The van der Waals surface area contributed by atoms with Crippen LogP contribution in [0.3, 0.4) is 0 Å². The highest BCUT2D eigenvalue weighted by Gasteiger charge is 2.11. The van der Waals surface area contributed by atoms with Crippen molar-refractivity contribution >= 4 is 11.5 Å². The molecule has 5 heteroatoms. The Labute approximate surface area is 91.5 Å². The maximum atomic E-state index is 12.0. The smallest absolute Gasteiger partial charge is 0.266 e. The Bertz CT molecular complexity index is 616. The summed E-state index contributed by atoms with van der Waals surface area (Å²) in [6.45, 7) is 3.52. The average molecular weight is 217 g/mol. The summed E-state index contributed by atoms with van der Waals surface area (Å²) >= 11 is 0. The molecule has 0 saturated carbocycles. The van der Waals surface area contributed by atoms with Crippen LogP contribution < -0.4 is 11.3 Å². The molecule has 0 radical (unpaired) electrons. The second-order valence-corrected chi connectivity index (χ2v) is 3.36. The predicted molar refractivity (Wildman–Crippen MR) is 61.4 cm³/mol. The van der Waals surface area contributed by atoms with E-state index in [0.717, 1.165) is 0 Å². The fourth-order valence-corrected chi connectivity index (χ4v) is 1.55. The third-order valence-electron chi connectivity index (χ3n) is 2.30. The number of rotatable bonds is 2. The lowest BCUT2D eigenvalue weighted by Crippen LogP contribution is -2.21. The molecule has 2 heterocycles. The van der Waals surface area contributed by atoms with Gasteiger partial charge in [0.25, 0.3) is 5.56 Å². The van der Waals surface area contributed by atoms with E-state index >= 15 is 0 Å². The normalized spacial score (nSPS) is 10.5. The molecule has 0 fully saturated rings. The fraction of sp³-hybridized carbons (Fsp3) is 0.0909. The van der Waals surface area contributed by atoms with Gasteiger partial charge in [0.1, 0.15) is 11.5 Å². The number of nitrogens with zero attached hydrogens (tertiary/aromatic N) is 2. The Morgan fingerprint density at radius 1 is 1.56 bits per heavy atom. The van der Waals surface area contributed by atoms with Gasteiger partial charge in [0.15, 0.2) is 0 Å². The third kappa shape index (κ3) is 1.42. The molecule has 0 aliphatic heterocycles. The van der Waals surface area contributed by atoms with Gasteiger partial charge in [-0.15, -0.1) is 6.58 Å². The summed E-state index contributed by atoms with van der Waals surface area (Å²) in [4.78, 5) is 15.9. The summed E-state index contributed by atoms with van der Waals surface area (Å²) in [6.07, 6.45) is 1.79. The molecule has 0 spiro atoms. The molecule has 3 N–H and O–H groups in total. The van der Waals surface area contributed by atoms with Gasteiger partial charge in [-0.25, -0.2) is 4.40 Å². The molecule has 0 unspecified atom stereocenters. The summed E-state index contributed by atoms with van der Waals surface area (Å²) in [6, 6.07) is 4.88. The Balaban J connectivity index is 2.91. The van der Waals surface area contributed by atoms with Crippen molar-refractivity contribution < 1.29 is 5.11 Å². The molecular formula is C11H11N3O2. The second-order valence-electron chi connectivity index (χ2n) is 3.36. The average Bonchev–Trinajstić information content (AvgIpc) is 2.24. The Morgan fingerprint density at radius 3 is 3.00 bits per heavy atom. The summed E-state index contributed by atoms with van der Waals surface area (Å²) in [7, 11) is 0. The van der Waals surface area contributed by atoms with Crippen LogP contribution in [0.2, 0.25) is 0 Å². The lowest BCUT2D eigenvalue weighted by atomic mass is 10.2. The van der Waals surface area contributed by atoms with Crippen LogP contribution in [0.15, 0.2) is 35.6 Å². The van der Waals surface area contributed by atoms with Crippen LogP contribution in [0.25, 0.3) is 5.65 Å². The minimum atomic E-state index is -0.361. The predicted octanol–water partition coefficient (Wildman–Crippen LogP) is 0.711. The molecule has 0 saturated heterocycles. The van der Waals surface area contributed by atoms with Gasteiger partial charge in [0.05, 0.1) is 5.56 Å². The summed E-state index contributed by atoms with van der Waals surface area (Å²) < 4.78 is 1.26. The first-order valence-electron chi connectivity index (χ1n) is 4.75. The van der Waals surface area contributed by atoms with Crippen LogP contribution in [0, 0.1) is 0 Å². The van der Waals surface area contributed by atoms with Crippen LogP contribution >= 0.6 is 0 Å². The first kappa shape index (κ1) is 10.2. The van der Waals surface area contributed by atoms with E-state index in [1.807, 2.05) is 0 Å². The molecule has 0 aromatic carbocycles. The van der Waals surface area contributed by atoms with E-state index in [0.29, 0.717) is 11.5 Å². The van der Waals surface area contributed by atoms with Crippen LogP contribution in [-0.2, 0) is 6.42 Å². The monoisotopic (exact) mass is 217 g/mol. The van der Waals surface area contributed by atoms with Crippen molar-refractivity contribution in [1.29, 1.82) is 0 Å². The highest BCUT2D eigenvalue weighted by atomic mass is 16.3. The molecule has 0 bridgehead atoms. The zero-order valence-corrected chi connectivity index (χ0v) is 8.55. The lowest BCUT2D eigenvalue weighted by Gasteiger charge is -2.06. The number of nitrogen functional groups attached to an aromatic ring is 1. The standard InChI is InChI=1S/C11H11N3O2/c1-2-4-7-10(15)13-9-6-3-5-8(12)14(9)11(7)16/h2-3,5-6,15H,1,4,12H2. The molecule has 2 rings (SSSR count). The summed E-state index contributed by atoms with van der Waals surface area (Å²) in [5.41, 5.74) is 5.86. The van der Waals surface area contributed by atoms with Crippen molar-refractivity contribution in [3.8, 4) is 5.88 Å². The van der Waals surface area contributed by atoms with Gasteiger partial charge < -0.3 is 10.8 Å². The van der Waals surface area contributed by atoms with Gasteiger partial charge in [0.2, 0.25) is 5.88 Å². The molecule has 2 aromatic heterocycles. The number of aromatic hydroxyl groups is 1. The van der Waals surface area contributed by atoms with E-state index in [-0.39, 0.29) is 23.4 Å². The van der Waals surface area contributed by atoms with E-state index < -0.39 is 0 Å². The van der Waals surface area contributed by atoms with Crippen molar-refractivity contribution in [1.82, 2.24) is 9.38 Å². The van der Waals surface area contributed by atoms with Gasteiger partial charge in [-0.05, 0) is 12.1 Å². The molecule has 0 aliphatic carbocycles. The molecule has 0 amide bonds. The number of aromatic nitrogens is 2. The van der Waals surface area contributed by atoms with Crippen LogP contribution in [0.5, 0.6) is 5.88 Å². The number of nitrogens with two attached hydrogens (primary N) is 1. The van der Waals surface area contributed by atoms with Gasteiger partial charge in [-0.1, -0.05) is 12.1 Å². The summed E-state index contributed by atoms with van der Waals surface area (Å²) in [5, 5.41) is 9.60. The topological polar surface area (TPSA) is 80.6 Å². The number of fused-ring (bicyclic) bond motifs is 1. The molecule has 0 aliphatic rings. The van der Waals surface area contributed by atoms with Crippen LogP contribution in [0.4, 0.5) is 5.82 Å². The molecule has 2 aromatic rings. The minimum Gasteiger partial charge on any atom is -0.493 e. The van der Waals surface area contributed by atoms with Crippen molar-refractivity contribution in [3.63, 3.8) is 0 Å². The number of allylic oxidation sites excluding steroid dienone is 1. The Morgan fingerprint density at radius 2 is 2.31 bits per heavy atom. The van der Waals surface area contributed by atoms with Gasteiger partial charge >= 0.3 is 0 Å². The maximum Gasteiger partial charge on any atom is 0.266 e. The van der Waals surface area contributed by atoms with E-state index in [2.05, 4.69) is 11.6 Å². The van der Waals surface area contributed by atoms with E-state index in [9.17, 15) is 9.90 Å². The zero-order valence-electron chi connectivity index (χ0n) is 8.55. The Kier molecular flexibility index (Phi) is 2.36. The number of hydrogen-bond donors (Lipinski definition) is 2. The molecule has 16 heavy (non-hydrogen) atoms. The van der Waals surface area contributed by atoms with E-state index in [1.54, 1.807) is 18.2 Å². The highest BCUT2D eigenvalue weighted by Crippen LogP contribution is 2.13. The lowest BCUT2D eigenvalue weighted by molar-refractivity contribution is 0.446. The zero-order chi connectivity index (χ0) is 11.7. The molecular weight excluding hydrogens is 206 g/mol. The molecule has 82 valence electrons. The number of anilines is 1. The van der Waals surface area contributed by atoms with Gasteiger partial charge in [-0.3, -0.25) is 4.79 Å². The highest BCUT2D eigenvalue weighted by molar-refractivity contribution is 5.50. The van der Waals surface area contributed by atoms with Gasteiger partial charge in [0, 0.05) is 6.42 Å². The first-order valence-corrected chi connectivity index (χ1v) is 4.75. The molecule has 0 atom stereocenters. The van der Waals surface area contributed by atoms with Crippen molar-refractivity contribution in [3.05, 3.63) is 46.8 Å². The van der Waals surface area contributed by atoms with E-state index in [1.165, 1.54) is 10.5 Å². The second kappa shape index (κ2) is 3.69. The van der Waals surface area contributed by atoms with Crippen LogP contribution in [-0.4, -0.2) is 14.5 Å². The van der Waals surface area contributed by atoms with E-state index in [4.69, 9.17) is 5.73 Å². The van der Waals surface area contributed by atoms with Crippen molar-refractivity contribution in [2.75, 3.05) is 5.73 Å². The molecule has 5 nitrogen and oxygen atoms in total. The third-order valence-corrected chi connectivity index (χ3v) is 2.30. The number of hydrogen-bond acceptors (Lipinski definition) is 4. The number of pyridine rings is 1. The van der Waals surface area contributed by atoms with Gasteiger partial charge in [-0.2, -0.15) is 4.98 Å².